The van der Waals surface area contributed by atoms with Gasteiger partial charge in [-0.1, -0.05) is 17.3 Å². The number of amides is 1. The van der Waals surface area contributed by atoms with Crippen LogP contribution in [0, 0.1) is 6.92 Å². The molecule has 3 aromatic rings. The predicted octanol–water partition coefficient (Wildman–Crippen LogP) is 6.55. The van der Waals surface area contributed by atoms with Crippen molar-refractivity contribution in [3.8, 4) is 10.8 Å². The quantitative estimate of drug-likeness (QED) is 0.367. The molecule has 154 valence electrons. The fourth-order valence-electron chi connectivity index (χ4n) is 1.90. The van der Waals surface area contributed by atoms with Crippen molar-refractivity contribution in [2.24, 2.45) is 0 Å². The van der Waals surface area contributed by atoms with Crippen LogP contribution in [0.15, 0.2) is 57.9 Å². The number of carbonyl (C=O) groups excluding carboxylic acids is 1. The molecule has 3 rings (SSSR count). The summed E-state index contributed by atoms with van der Waals surface area (Å²) in [6.07, 6.45) is 4.00. The molecule has 29 heavy (non-hydrogen) atoms. The van der Waals surface area contributed by atoms with Gasteiger partial charge in [0.1, 0.15) is 0 Å². The molecule has 0 unspecified atom stereocenters. The second kappa shape index (κ2) is 10.3. The van der Waals surface area contributed by atoms with Crippen molar-refractivity contribution < 1.29 is 22.4 Å². The Morgan fingerprint density at radius 1 is 1.10 bits per heavy atom. The van der Waals surface area contributed by atoms with Crippen molar-refractivity contribution in [1.29, 1.82) is 0 Å². The van der Waals surface area contributed by atoms with Gasteiger partial charge in [0.25, 0.3) is 11.8 Å². The number of nitrogens with zero attached hydrogens (tertiary/aromatic N) is 2. The summed E-state index contributed by atoms with van der Waals surface area (Å²) < 4.78 is 42.2. The van der Waals surface area contributed by atoms with Gasteiger partial charge < -0.3 is 4.42 Å². The van der Waals surface area contributed by atoms with Crippen LogP contribution in [0.5, 0.6) is 0 Å². The Labute approximate surface area is 174 Å². The first-order valence-electron chi connectivity index (χ1n) is 8.36. The highest BCUT2D eigenvalue weighted by Gasteiger charge is 2.29. The van der Waals surface area contributed by atoms with Crippen LogP contribution in [0.4, 0.5) is 19.2 Å². The summed E-state index contributed by atoms with van der Waals surface area (Å²) in [7, 11) is 0. The smallest absolute Gasteiger partial charge is 0.402 e. The topological polar surface area (TPSA) is 68.0 Å². The Morgan fingerprint density at radius 3 is 2.28 bits per heavy atom. The zero-order valence-corrected chi connectivity index (χ0v) is 17.4. The summed E-state index contributed by atoms with van der Waals surface area (Å²) in [6.45, 7) is 5.94. The summed E-state index contributed by atoms with van der Waals surface area (Å²) >= 11 is 1.23. The van der Waals surface area contributed by atoms with Crippen LogP contribution in [0.25, 0.3) is 10.8 Å². The Morgan fingerprint density at radius 2 is 1.76 bits per heavy atom. The Balaban J connectivity index is 0.000000687. The standard InChI is InChI=1S/C15H10F3N3O2S2.C4H8/c1-8-2-7-11(24-8)13-20-21-14(23-13)19-12(22)9-3-5-10(6-4-9)25-15(16,17)18;1-3-4-2/h2-7H,1H3,(H,19,21,22);3-4H,1-2H3/b;4-3-. The zero-order valence-electron chi connectivity index (χ0n) is 15.8. The highest BCUT2D eigenvalue weighted by atomic mass is 32.2. The van der Waals surface area contributed by atoms with Crippen molar-refractivity contribution in [2.75, 3.05) is 5.32 Å². The molecule has 10 heteroatoms. The van der Waals surface area contributed by atoms with Crippen molar-refractivity contribution in [2.45, 2.75) is 31.2 Å². The number of rotatable bonds is 4. The van der Waals surface area contributed by atoms with Crippen LogP contribution in [0.1, 0.15) is 29.1 Å². The molecule has 1 aromatic carbocycles. The Hall–Kier alpha value is -2.59. The van der Waals surface area contributed by atoms with E-state index >= 15 is 0 Å². The number of nitrogens with one attached hydrogen (secondary N) is 1. The molecule has 0 atom stereocenters. The molecule has 0 fully saturated rings. The third kappa shape index (κ3) is 7.39. The lowest BCUT2D eigenvalue weighted by molar-refractivity contribution is -0.0328. The van der Waals surface area contributed by atoms with Gasteiger partial charge in [-0.3, -0.25) is 10.1 Å². The summed E-state index contributed by atoms with van der Waals surface area (Å²) in [4.78, 5) is 13.9. The molecule has 0 saturated heterocycles. The minimum absolute atomic E-state index is 0.00260. The third-order valence-corrected chi connectivity index (χ3v) is 5.01. The van der Waals surface area contributed by atoms with E-state index in [-0.39, 0.29) is 34.1 Å². The van der Waals surface area contributed by atoms with Crippen LogP contribution in [-0.2, 0) is 0 Å². The summed E-state index contributed by atoms with van der Waals surface area (Å²) in [5, 5.41) is 10.0. The minimum Gasteiger partial charge on any atom is -0.402 e. The second-order valence-corrected chi connectivity index (χ2v) is 7.94. The predicted molar refractivity (Wildman–Crippen MR) is 109 cm³/mol. The maximum Gasteiger partial charge on any atom is 0.446 e. The van der Waals surface area contributed by atoms with Gasteiger partial charge in [-0.15, -0.1) is 16.4 Å². The van der Waals surface area contributed by atoms with Crippen LogP contribution < -0.4 is 5.32 Å². The number of allylic oxidation sites excluding steroid dienone is 2. The lowest BCUT2D eigenvalue weighted by atomic mass is 10.2. The van der Waals surface area contributed by atoms with Gasteiger partial charge in [0, 0.05) is 15.3 Å². The first-order valence-corrected chi connectivity index (χ1v) is 10.00. The Bertz CT molecular complexity index is 960. The lowest BCUT2D eigenvalue weighted by Crippen LogP contribution is -2.12. The number of benzene rings is 1. The van der Waals surface area contributed by atoms with Gasteiger partial charge >= 0.3 is 11.5 Å². The van der Waals surface area contributed by atoms with Crippen molar-refractivity contribution in [3.63, 3.8) is 0 Å². The average molecular weight is 442 g/mol. The van der Waals surface area contributed by atoms with Crippen LogP contribution in [-0.4, -0.2) is 21.6 Å². The summed E-state index contributed by atoms with van der Waals surface area (Å²) in [5.74, 6) is -0.272. The molecule has 0 radical (unpaired) electrons. The second-order valence-electron chi connectivity index (χ2n) is 5.52. The van der Waals surface area contributed by atoms with E-state index in [0.717, 1.165) is 9.75 Å². The molecule has 1 N–H and O–H groups in total. The average Bonchev–Trinajstić information content (AvgIpc) is 3.30. The number of aryl methyl sites for hydroxylation is 1. The molecule has 1 amide bonds. The molecule has 0 aliphatic heterocycles. The number of hydrogen-bond acceptors (Lipinski definition) is 6. The highest BCUT2D eigenvalue weighted by Crippen LogP contribution is 2.36. The molecule has 0 aliphatic carbocycles. The number of halogens is 3. The molecule has 0 spiro atoms. The molecule has 0 aliphatic rings. The van der Waals surface area contributed by atoms with Gasteiger partial charge in [-0.25, -0.2) is 0 Å². The van der Waals surface area contributed by atoms with Gasteiger partial charge in [-0.05, 0) is 68.9 Å². The molecule has 0 bridgehead atoms. The number of thiophene rings is 1. The SMILES string of the molecule is C/C=C\C.Cc1ccc(-c2nnc(NC(=O)c3ccc(SC(F)(F)F)cc3)o2)s1. The minimum atomic E-state index is -4.37. The molecule has 0 saturated carbocycles. The first-order chi connectivity index (χ1) is 13.7. The monoisotopic (exact) mass is 441 g/mol. The molecule has 2 aromatic heterocycles. The number of alkyl halides is 3. The largest absolute Gasteiger partial charge is 0.446 e. The van der Waals surface area contributed by atoms with Gasteiger partial charge in [0.15, 0.2) is 0 Å². The van der Waals surface area contributed by atoms with E-state index in [1.54, 1.807) is 0 Å². The van der Waals surface area contributed by atoms with E-state index in [9.17, 15) is 18.0 Å². The maximum atomic E-state index is 12.3. The van der Waals surface area contributed by atoms with Crippen molar-refractivity contribution in [1.82, 2.24) is 10.2 Å². The summed E-state index contributed by atoms with van der Waals surface area (Å²) in [6, 6.07) is 8.69. The maximum absolute atomic E-state index is 12.3. The van der Waals surface area contributed by atoms with Crippen LogP contribution in [0.2, 0.25) is 0 Å². The van der Waals surface area contributed by atoms with E-state index in [4.69, 9.17) is 4.42 Å². The molecule has 2 heterocycles. The zero-order chi connectivity index (χ0) is 21.4. The summed E-state index contributed by atoms with van der Waals surface area (Å²) in [5.41, 5.74) is -4.19. The fraction of sp³-hybridized carbons (Fsp3) is 0.211. The van der Waals surface area contributed by atoms with Crippen LogP contribution >= 0.6 is 23.1 Å². The molecular formula is C19H18F3N3O2S2. The third-order valence-electron chi connectivity index (χ3n) is 3.28. The Kier molecular flexibility index (Phi) is 8.03. The van der Waals surface area contributed by atoms with Gasteiger partial charge in [-0.2, -0.15) is 13.2 Å². The molecule has 5 nitrogen and oxygen atoms in total. The van der Waals surface area contributed by atoms with E-state index in [2.05, 4.69) is 15.5 Å². The van der Waals surface area contributed by atoms with E-state index in [0.29, 0.717) is 0 Å². The van der Waals surface area contributed by atoms with E-state index in [1.807, 2.05) is 45.1 Å². The van der Waals surface area contributed by atoms with Crippen LogP contribution in [0.3, 0.4) is 0 Å². The first kappa shape index (κ1) is 22.7. The van der Waals surface area contributed by atoms with E-state index in [1.165, 1.54) is 35.6 Å². The number of anilines is 1. The highest BCUT2D eigenvalue weighted by molar-refractivity contribution is 8.00. The number of hydrogen-bond donors (Lipinski definition) is 1. The lowest BCUT2D eigenvalue weighted by Gasteiger charge is -2.06. The normalized spacial score (nSPS) is 11.2. The van der Waals surface area contributed by atoms with E-state index < -0.39 is 11.4 Å². The fourth-order valence-corrected chi connectivity index (χ4v) is 3.23. The number of aromatic nitrogens is 2. The molecular weight excluding hydrogens is 423 g/mol. The number of carbonyl (C=O) groups is 1. The van der Waals surface area contributed by atoms with Gasteiger partial charge in [0.05, 0.1) is 4.88 Å². The van der Waals surface area contributed by atoms with Crippen molar-refractivity contribution in [3.05, 3.63) is 59.0 Å². The number of thioether (sulfide) groups is 1. The van der Waals surface area contributed by atoms with Crippen molar-refractivity contribution >= 4 is 35.0 Å². The van der Waals surface area contributed by atoms with Gasteiger partial charge in [0.2, 0.25) is 0 Å².